The molecule has 88 valence electrons. The summed E-state index contributed by atoms with van der Waals surface area (Å²) in [6.45, 7) is 7.90. The fourth-order valence-electron chi connectivity index (χ4n) is 1.82. The van der Waals surface area contributed by atoms with Gasteiger partial charge in [-0.25, -0.2) is 0 Å². The summed E-state index contributed by atoms with van der Waals surface area (Å²) in [5.41, 5.74) is 10.7. The van der Waals surface area contributed by atoms with Gasteiger partial charge >= 0.3 is 0 Å². The fraction of sp³-hybridized carbons (Fsp3) is 0.462. The van der Waals surface area contributed by atoms with Crippen LogP contribution in [0.2, 0.25) is 0 Å². The zero-order chi connectivity index (χ0) is 12.3. The summed E-state index contributed by atoms with van der Waals surface area (Å²) < 4.78 is 0. The van der Waals surface area contributed by atoms with Crippen LogP contribution in [0, 0.1) is 20.8 Å². The number of nitrogen functional groups attached to an aromatic ring is 1. The van der Waals surface area contributed by atoms with Crippen molar-refractivity contribution in [3.05, 3.63) is 22.8 Å². The molecule has 3 N–H and O–H groups in total. The maximum Gasteiger partial charge on any atom is 0.224 e. The Kier molecular flexibility index (Phi) is 3.93. The van der Waals surface area contributed by atoms with Crippen LogP contribution < -0.4 is 11.1 Å². The normalized spacial score (nSPS) is 10.2. The summed E-state index contributed by atoms with van der Waals surface area (Å²) in [5.74, 6) is 0.0527. The second-order valence-electron chi connectivity index (χ2n) is 4.22. The number of anilines is 2. The highest BCUT2D eigenvalue weighted by atomic mass is 16.1. The lowest BCUT2D eigenvalue weighted by Crippen LogP contribution is -2.13. The van der Waals surface area contributed by atoms with Gasteiger partial charge in [0.1, 0.15) is 0 Å². The van der Waals surface area contributed by atoms with Crippen LogP contribution in [0.3, 0.4) is 0 Å². The van der Waals surface area contributed by atoms with Gasteiger partial charge in [0, 0.05) is 17.8 Å². The van der Waals surface area contributed by atoms with Gasteiger partial charge in [0.2, 0.25) is 5.91 Å². The second-order valence-corrected chi connectivity index (χ2v) is 4.22. The second kappa shape index (κ2) is 5.01. The minimum atomic E-state index is 0.0527. The van der Waals surface area contributed by atoms with Crippen LogP contribution in [0.15, 0.2) is 6.07 Å². The maximum atomic E-state index is 11.6. The first kappa shape index (κ1) is 12.6. The molecule has 16 heavy (non-hydrogen) atoms. The minimum Gasteiger partial charge on any atom is -0.398 e. The predicted molar refractivity (Wildman–Crippen MR) is 68.6 cm³/mol. The molecule has 0 bridgehead atoms. The largest absolute Gasteiger partial charge is 0.398 e. The molecule has 0 aliphatic rings. The standard InChI is InChI=1S/C13H20N2O/c1-5-6-11(16)15-13-9(3)7-8(2)12(14)10(13)4/h7H,5-6,14H2,1-4H3,(H,15,16). The Morgan fingerprint density at radius 1 is 1.31 bits per heavy atom. The summed E-state index contributed by atoms with van der Waals surface area (Å²) in [6, 6.07) is 2.00. The van der Waals surface area contributed by atoms with Crippen molar-refractivity contribution in [3.8, 4) is 0 Å². The van der Waals surface area contributed by atoms with Gasteiger partial charge in [0.25, 0.3) is 0 Å². The van der Waals surface area contributed by atoms with E-state index in [-0.39, 0.29) is 5.91 Å². The number of benzene rings is 1. The lowest BCUT2D eigenvalue weighted by molar-refractivity contribution is -0.116. The molecule has 3 nitrogen and oxygen atoms in total. The molecule has 1 amide bonds. The molecule has 1 aromatic carbocycles. The van der Waals surface area contributed by atoms with Crippen LogP contribution >= 0.6 is 0 Å². The van der Waals surface area contributed by atoms with Gasteiger partial charge in [-0.2, -0.15) is 0 Å². The van der Waals surface area contributed by atoms with E-state index in [1.54, 1.807) is 0 Å². The number of carbonyl (C=O) groups is 1. The van der Waals surface area contributed by atoms with Gasteiger partial charge in [0.05, 0.1) is 0 Å². The molecule has 0 radical (unpaired) electrons. The monoisotopic (exact) mass is 220 g/mol. The van der Waals surface area contributed by atoms with Gasteiger partial charge in [-0.15, -0.1) is 0 Å². The average molecular weight is 220 g/mol. The summed E-state index contributed by atoms with van der Waals surface area (Å²) in [7, 11) is 0. The van der Waals surface area contributed by atoms with Crippen LogP contribution in [0.1, 0.15) is 36.5 Å². The van der Waals surface area contributed by atoms with E-state index in [9.17, 15) is 4.79 Å². The Morgan fingerprint density at radius 3 is 2.50 bits per heavy atom. The zero-order valence-corrected chi connectivity index (χ0v) is 10.5. The van der Waals surface area contributed by atoms with Crippen molar-refractivity contribution in [2.45, 2.75) is 40.5 Å². The van der Waals surface area contributed by atoms with Gasteiger partial charge in [0.15, 0.2) is 0 Å². The van der Waals surface area contributed by atoms with E-state index in [0.29, 0.717) is 6.42 Å². The van der Waals surface area contributed by atoms with Crippen molar-refractivity contribution in [2.24, 2.45) is 0 Å². The first-order chi connectivity index (χ1) is 7.47. The van der Waals surface area contributed by atoms with E-state index in [2.05, 4.69) is 5.32 Å². The van der Waals surface area contributed by atoms with Crippen LogP contribution in [-0.4, -0.2) is 5.91 Å². The van der Waals surface area contributed by atoms with Crippen LogP contribution in [0.4, 0.5) is 11.4 Å². The minimum absolute atomic E-state index is 0.0527. The van der Waals surface area contributed by atoms with Crippen molar-refractivity contribution in [3.63, 3.8) is 0 Å². The lowest BCUT2D eigenvalue weighted by atomic mass is 10.0. The zero-order valence-electron chi connectivity index (χ0n) is 10.5. The molecule has 0 aromatic heterocycles. The van der Waals surface area contributed by atoms with Crippen molar-refractivity contribution in [1.29, 1.82) is 0 Å². The van der Waals surface area contributed by atoms with E-state index < -0.39 is 0 Å². The van der Waals surface area contributed by atoms with Crippen molar-refractivity contribution in [1.82, 2.24) is 0 Å². The Bertz CT molecular complexity index is 411. The van der Waals surface area contributed by atoms with Crippen LogP contribution in [-0.2, 0) is 4.79 Å². The highest BCUT2D eigenvalue weighted by molar-refractivity contribution is 5.93. The third-order valence-electron chi connectivity index (χ3n) is 2.77. The van der Waals surface area contributed by atoms with Crippen LogP contribution in [0.25, 0.3) is 0 Å². The molecule has 0 unspecified atom stereocenters. The fourth-order valence-corrected chi connectivity index (χ4v) is 1.82. The molecule has 1 rings (SSSR count). The van der Waals surface area contributed by atoms with Crippen molar-refractivity contribution >= 4 is 17.3 Å². The molecule has 0 spiro atoms. The van der Waals surface area contributed by atoms with E-state index in [4.69, 9.17) is 5.73 Å². The number of hydrogen-bond donors (Lipinski definition) is 2. The number of amides is 1. The van der Waals surface area contributed by atoms with E-state index in [1.807, 2.05) is 33.8 Å². The van der Waals surface area contributed by atoms with Crippen LogP contribution in [0.5, 0.6) is 0 Å². The van der Waals surface area contributed by atoms with Gasteiger partial charge in [-0.05, 0) is 43.9 Å². The average Bonchev–Trinajstić information content (AvgIpc) is 2.22. The third-order valence-corrected chi connectivity index (χ3v) is 2.77. The summed E-state index contributed by atoms with van der Waals surface area (Å²) >= 11 is 0. The summed E-state index contributed by atoms with van der Waals surface area (Å²) in [4.78, 5) is 11.6. The molecule has 0 aliphatic heterocycles. The molecule has 0 saturated heterocycles. The lowest BCUT2D eigenvalue weighted by Gasteiger charge is -2.15. The Hall–Kier alpha value is -1.51. The van der Waals surface area contributed by atoms with E-state index >= 15 is 0 Å². The number of nitrogens with one attached hydrogen (secondary N) is 1. The SMILES string of the molecule is CCCC(=O)Nc1c(C)cc(C)c(N)c1C. The molecule has 0 fully saturated rings. The molecule has 0 aliphatic carbocycles. The maximum absolute atomic E-state index is 11.6. The summed E-state index contributed by atoms with van der Waals surface area (Å²) in [6.07, 6.45) is 1.40. The molecule has 3 heteroatoms. The quantitative estimate of drug-likeness (QED) is 0.769. The Labute approximate surface area is 97.0 Å². The number of rotatable bonds is 3. The molecule has 0 atom stereocenters. The highest BCUT2D eigenvalue weighted by Gasteiger charge is 2.10. The predicted octanol–water partition coefficient (Wildman–Crippen LogP) is 2.93. The number of aryl methyl sites for hydroxylation is 2. The van der Waals surface area contributed by atoms with E-state index in [1.165, 1.54) is 0 Å². The Balaban J connectivity index is 3.05. The number of carbonyl (C=O) groups excluding carboxylic acids is 1. The highest BCUT2D eigenvalue weighted by Crippen LogP contribution is 2.28. The Morgan fingerprint density at radius 2 is 1.94 bits per heavy atom. The van der Waals surface area contributed by atoms with E-state index in [0.717, 1.165) is 34.5 Å². The summed E-state index contributed by atoms with van der Waals surface area (Å²) in [5, 5.41) is 2.93. The molecule has 0 heterocycles. The van der Waals surface area contributed by atoms with Crippen molar-refractivity contribution in [2.75, 3.05) is 11.1 Å². The number of nitrogens with two attached hydrogens (primary N) is 1. The van der Waals surface area contributed by atoms with Gasteiger partial charge in [-0.1, -0.05) is 13.0 Å². The first-order valence-electron chi connectivity index (χ1n) is 5.63. The van der Waals surface area contributed by atoms with Gasteiger partial charge in [-0.3, -0.25) is 4.79 Å². The van der Waals surface area contributed by atoms with Crippen molar-refractivity contribution < 1.29 is 4.79 Å². The third kappa shape index (κ3) is 2.54. The first-order valence-corrected chi connectivity index (χ1v) is 5.63. The smallest absolute Gasteiger partial charge is 0.224 e. The molecule has 0 saturated carbocycles. The molecular formula is C13H20N2O. The molecular weight excluding hydrogens is 200 g/mol. The molecule has 1 aromatic rings. The van der Waals surface area contributed by atoms with Gasteiger partial charge < -0.3 is 11.1 Å². The topological polar surface area (TPSA) is 55.1 Å². The number of hydrogen-bond acceptors (Lipinski definition) is 2.